The van der Waals surface area contributed by atoms with Crippen LogP contribution in [0.1, 0.15) is 87.2 Å². The number of aromatic nitrogens is 2. The van der Waals surface area contributed by atoms with Crippen molar-refractivity contribution in [2.24, 2.45) is 5.92 Å². The Balaban J connectivity index is 1.52. The number of carboxylic acid groups (broad SMARTS) is 1. The molecule has 0 bridgehead atoms. The van der Waals surface area contributed by atoms with Crippen LogP contribution in [0, 0.1) is 5.92 Å². The number of hydrogen-bond donors (Lipinski definition) is 1. The molecule has 0 spiro atoms. The minimum atomic E-state index is -0.684. The number of amides is 1. The zero-order valence-corrected chi connectivity index (χ0v) is 20.9. The maximum Gasteiger partial charge on any atom is 0.409 e. The highest BCUT2D eigenvalue weighted by atomic mass is 16.5. The van der Waals surface area contributed by atoms with Crippen LogP contribution in [0.15, 0.2) is 12.1 Å². The lowest BCUT2D eigenvalue weighted by Crippen LogP contribution is -2.35. The Bertz CT molecular complexity index is 1080. The van der Waals surface area contributed by atoms with E-state index >= 15 is 0 Å². The van der Waals surface area contributed by atoms with Gasteiger partial charge in [0.15, 0.2) is 0 Å². The minimum Gasteiger partial charge on any atom is -0.481 e. The van der Waals surface area contributed by atoms with Gasteiger partial charge < -0.3 is 24.0 Å². The summed E-state index contributed by atoms with van der Waals surface area (Å²) in [6.07, 6.45) is 8.19. The summed E-state index contributed by atoms with van der Waals surface area (Å²) in [7, 11) is 1.42. The molecule has 190 valence electrons. The van der Waals surface area contributed by atoms with Crippen molar-refractivity contribution in [2.45, 2.75) is 89.3 Å². The van der Waals surface area contributed by atoms with Crippen molar-refractivity contribution in [1.29, 1.82) is 0 Å². The smallest absolute Gasteiger partial charge is 0.409 e. The molecule has 2 aromatic rings. The number of carboxylic acids is 1. The van der Waals surface area contributed by atoms with E-state index in [0.29, 0.717) is 25.9 Å². The molecule has 1 aromatic heterocycles. The molecular formula is C27H37N3O5. The number of aliphatic carboxylic acids is 1. The first kappa shape index (κ1) is 24.1. The van der Waals surface area contributed by atoms with Gasteiger partial charge in [0.2, 0.25) is 0 Å². The molecule has 8 heteroatoms. The Kier molecular flexibility index (Phi) is 7.00. The van der Waals surface area contributed by atoms with Crippen LogP contribution in [0.3, 0.4) is 0 Å². The average Bonchev–Trinajstić information content (AvgIpc) is 3.29. The normalized spacial score (nSPS) is 25.8. The third kappa shape index (κ3) is 4.77. The second-order valence-electron chi connectivity index (χ2n) is 10.5. The maximum absolute atomic E-state index is 12.3. The van der Waals surface area contributed by atoms with Crippen LogP contribution in [-0.4, -0.2) is 58.0 Å². The van der Waals surface area contributed by atoms with Crippen LogP contribution >= 0.6 is 0 Å². The average molecular weight is 484 g/mol. The van der Waals surface area contributed by atoms with Gasteiger partial charge in [-0.3, -0.25) is 4.79 Å². The monoisotopic (exact) mass is 483 g/mol. The number of hydrogen-bond acceptors (Lipinski definition) is 5. The highest BCUT2D eigenvalue weighted by molar-refractivity contribution is 5.82. The molecule has 1 N–H and O–H groups in total. The molecule has 1 aromatic carbocycles. The number of imidazole rings is 1. The lowest BCUT2D eigenvalue weighted by Gasteiger charge is -2.30. The van der Waals surface area contributed by atoms with E-state index < -0.39 is 5.97 Å². The molecule has 3 aliphatic rings. The van der Waals surface area contributed by atoms with E-state index in [9.17, 15) is 14.7 Å². The van der Waals surface area contributed by atoms with Crippen molar-refractivity contribution >= 4 is 23.1 Å². The molecule has 8 nitrogen and oxygen atoms in total. The van der Waals surface area contributed by atoms with Gasteiger partial charge in [-0.25, -0.2) is 9.78 Å². The van der Waals surface area contributed by atoms with Crippen molar-refractivity contribution in [3.8, 4) is 0 Å². The number of ether oxygens (including phenoxy) is 2. The van der Waals surface area contributed by atoms with Crippen LogP contribution in [0.5, 0.6) is 0 Å². The van der Waals surface area contributed by atoms with Crippen molar-refractivity contribution in [1.82, 2.24) is 14.5 Å². The summed E-state index contributed by atoms with van der Waals surface area (Å²) in [4.78, 5) is 30.8. The highest BCUT2D eigenvalue weighted by Gasteiger charge is 2.33. The molecule has 5 rings (SSSR count). The molecule has 2 atom stereocenters. The molecule has 3 heterocycles. The summed E-state index contributed by atoms with van der Waals surface area (Å²) < 4.78 is 13.5. The second-order valence-corrected chi connectivity index (χ2v) is 10.5. The largest absolute Gasteiger partial charge is 0.481 e. The Labute approximate surface area is 206 Å². The zero-order chi connectivity index (χ0) is 24.5. The molecular weight excluding hydrogens is 446 g/mol. The van der Waals surface area contributed by atoms with Gasteiger partial charge in [-0.1, -0.05) is 6.07 Å². The predicted molar refractivity (Wildman–Crippen MR) is 132 cm³/mol. The predicted octanol–water partition coefficient (Wildman–Crippen LogP) is 5.04. The quantitative estimate of drug-likeness (QED) is 0.640. The highest BCUT2D eigenvalue weighted by Crippen LogP contribution is 2.40. The molecule has 1 aliphatic carbocycles. The van der Waals surface area contributed by atoms with Crippen molar-refractivity contribution in [2.75, 3.05) is 20.3 Å². The van der Waals surface area contributed by atoms with Gasteiger partial charge in [-0.05, 0) is 76.3 Å². The SMILES string of the molecule is COC(=O)N1CCc2ccc3c(nc([C@H]4CC[C@H](C(=O)O)CC4)n3[C@H](C)C[C@H]3CCCCO3)c2C1. The van der Waals surface area contributed by atoms with Gasteiger partial charge >= 0.3 is 12.1 Å². The van der Waals surface area contributed by atoms with E-state index in [0.717, 1.165) is 67.6 Å². The number of carbonyl (C=O) groups is 2. The summed E-state index contributed by atoms with van der Waals surface area (Å²) in [5.74, 6) is 0.370. The number of methoxy groups -OCH3 is 1. The van der Waals surface area contributed by atoms with Gasteiger partial charge in [-0.2, -0.15) is 0 Å². The molecule has 2 aliphatic heterocycles. The van der Waals surface area contributed by atoms with E-state index in [-0.39, 0.29) is 30.1 Å². The lowest BCUT2D eigenvalue weighted by atomic mass is 9.81. The number of carbonyl (C=O) groups excluding carboxylic acids is 1. The fourth-order valence-corrected chi connectivity index (χ4v) is 6.33. The maximum atomic E-state index is 12.3. The summed E-state index contributed by atoms with van der Waals surface area (Å²) in [6.45, 7) is 4.24. The fourth-order valence-electron chi connectivity index (χ4n) is 6.33. The fraction of sp³-hybridized carbons (Fsp3) is 0.667. The Morgan fingerprint density at radius 1 is 1.20 bits per heavy atom. The number of nitrogens with zero attached hydrogens (tertiary/aromatic N) is 3. The van der Waals surface area contributed by atoms with Crippen LogP contribution in [0.2, 0.25) is 0 Å². The number of fused-ring (bicyclic) bond motifs is 3. The van der Waals surface area contributed by atoms with Crippen molar-refractivity contribution < 1.29 is 24.2 Å². The topological polar surface area (TPSA) is 93.9 Å². The first-order chi connectivity index (χ1) is 17.0. The van der Waals surface area contributed by atoms with E-state index in [1.807, 2.05) is 0 Å². The van der Waals surface area contributed by atoms with Gasteiger partial charge in [0.1, 0.15) is 5.82 Å². The summed E-state index contributed by atoms with van der Waals surface area (Å²) in [5, 5.41) is 9.48. The van der Waals surface area contributed by atoms with E-state index in [4.69, 9.17) is 14.5 Å². The Hall–Kier alpha value is -2.61. The van der Waals surface area contributed by atoms with E-state index in [1.54, 1.807) is 4.90 Å². The van der Waals surface area contributed by atoms with Crippen LogP contribution in [0.25, 0.3) is 11.0 Å². The van der Waals surface area contributed by atoms with Crippen LogP contribution in [-0.2, 0) is 27.2 Å². The van der Waals surface area contributed by atoms with Gasteiger partial charge in [-0.15, -0.1) is 0 Å². The van der Waals surface area contributed by atoms with E-state index in [2.05, 4.69) is 23.6 Å². The summed E-state index contributed by atoms with van der Waals surface area (Å²) >= 11 is 0. The molecule has 1 saturated carbocycles. The Morgan fingerprint density at radius 3 is 2.69 bits per heavy atom. The molecule has 0 radical (unpaired) electrons. The van der Waals surface area contributed by atoms with Crippen molar-refractivity contribution in [3.63, 3.8) is 0 Å². The second kappa shape index (κ2) is 10.2. The van der Waals surface area contributed by atoms with Gasteiger partial charge in [0, 0.05) is 30.7 Å². The van der Waals surface area contributed by atoms with Crippen LogP contribution in [0.4, 0.5) is 4.79 Å². The van der Waals surface area contributed by atoms with Gasteiger partial charge in [0.25, 0.3) is 0 Å². The summed E-state index contributed by atoms with van der Waals surface area (Å²) in [5.41, 5.74) is 4.43. The molecule has 1 amide bonds. The molecule has 1 saturated heterocycles. The first-order valence-corrected chi connectivity index (χ1v) is 13.2. The molecule has 2 fully saturated rings. The first-order valence-electron chi connectivity index (χ1n) is 13.2. The lowest BCUT2D eigenvalue weighted by molar-refractivity contribution is -0.142. The number of rotatable bonds is 5. The number of benzene rings is 1. The van der Waals surface area contributed by atoms with E-state index in [1.165, 1.54) is 19.1 Å². The molecule has 35 heavy (non-hydrogen) atoms. The Morgan fingerprint density at radius 2 is 2.00 bits per heavy atom. The third-order valence-corrected chi connectivity index (χ3v) is 8.28. The van der Waals surface area contributed by atoms with Crippen molar-refractivity contribution in [3.05, 3.63) is 29.1 Å². The minimum absolute atomic E-state index is 0.216. The third-order valence-electron chi connectivity index (χ3n) is 8.28. The van der Waals surface area contributed by atoms with Gasteiger partial charge in [0.05, 0.1) is 36.7 Å². The standard InChI is InChI=1S/C27H37N3O5/c1-17(15-21-5-3-4-14-35-21)30-23-11-10-18-12-13-29(27(33)34-2)16-22(18)24(23)28-25(30)19-6-8-20(9-7-19)26(31)32/h10-11,17,19-21H,3-9,12-16H2,1-2H3,(H,31,32)/t17-,19-,20-,21-/m1/s1. The zero-order valence-electron chi connectivity index (χ0n) is 20.9. The summed E-state index contributed by atoms with van der Waals surface area (Å²) in [6, 6.07) is 4.60. The molecule has 0 unspecified atom stereocenters. The van der Waals surface area contributed by atoms with Crippen LogP contribution < -0.4 is 0 Å².